The summed E-state index contributed by atoms with van der Waals surface area (Å²) in [5.74, 6) is -0.598. The molecule has 0 radical (unpaired) electrons. The van der Waals surface area contributed by atoms with E-state index in [0.717, 1.165) is 38.1 Å². The number of alkyl halides is 3. The lowest BCUT2D eigenvalue weighted by atomic mass is 10.2. The van der Waals surface area contributed by atoms with Crippen LogP contribution in [-0.2, 0) is 17.4 Å². The molecule has 2 aromatic rings. The van der Waals surface area contributed by atoms with Gasteiger partial charge in [0.15, 0.2) is 10.8 Å². The van der Waals surface area contributed by atoms with Crippen LogP contribution in [0.15, 0.2) is 47.4 Å². The quantitative estimate of drug-likeness (QED) is 0.686. The average Bonchev–Trinajstić information content (AvgIpc) is 3.20. The lowest BCUT2D eigenvalue weighted by molar-refractivity contribution is -0.0384. The van der Waals surface area contributed by atoms with Gasteiger partial charge in [0.25, 0.3) is 5.91 Å². The molecule has 0 aromatic heterocycles. The zero-order chi connectivity index (χ0) is 20.3. The number of carbonyl (C=O) groups is 1. The van der Waals surface area contributed by atoms with Crippen LogP contribution in [0.4, 0.5) is 17.6 Å². The molecule has 4 nitrogen and oxygen atoms in total. The number of benzene rings is 2. The predicted octanol–water partition coefficient (Wildman–Crippen LogP) is 4.27. The van der Waals surface area contributed by atoms with E-state index < -0.39 is 27.0 Å². The molecule has 1 aliphatic rings. The smallest absolute Gasteiger partial charge is 0.475 e. The topological polar surface area (TPSA) is 46.6 Å². The molecule has 1 amide bonds. The number of hydrogen-bond acceptors (Lipinski definition) is 3. The van der Waals surface area contributed by atoms with Crippen molar-refractivity contribution in [1.82, 2.24) is 4.90 Å². The molecule has 9 heteroatoms. The number of likely N-dealkylation sites (tertiary alicyclic amines) is 1. The van der Waals surface area contributed by atoms with E-state index >= 15 is 0 Å². The fraction of sp³-hybridized carbons (Fsp3) is 0.316. The average molecular weight is 415 g/mol. The van der Waals surface area contributed by atoms with E-state index in [-0.39, 0.29) is 18.1 Å². The summed E-state index contributed by atoms with van der Waals surface area (Å²) in [4.78, 5) is 13.4. The van der Waals surface area contributed by atoms with Crippen molar-refractivity contribution in [2.45, 2.75) is 29.9 Å². The van der Waals surface area contributed by atoms with Gasteiger partial charge in [0.2, 0.25) is 0 Å². The Bertz CT molecular complexity index is 878. The Kier molecular flexibility index (Phi) is 6.02. The molecule has 0 spiro atoms. The first-order valence-electron chi connectivity index (χ1n) is 8.55. The van der Waals surface area contributed by atoms with E-state index in [1.807, 2.05) is 0 Å². The van der Waals surface area contributed by atoms with Gasteiger partial charge in [-0.15, -0.1) is 0 Å². The molecule has 0 bridgehead atoms. The molecule has 1 atom stereocenters. The Hall–Kier alpha value is -2.42. The summed E-state index contributed by atoms with van der Waals surface area (Å²) in [7, 11) is -3.28. The number of nitrogens with zero attached hydrogens (tertiary/aromatic N) is 1. The van der Waals surface area contributed by atoms with Crippen LogP contribution in [0.3, 0.4) is 0 Å². The highest BCUT2D eigenvalue weighted by atomic mass is 32.2. The summed E-state index contributed by atoms with van der Waals surface area (Å²) in [6.45, 7) is 1.27. The van der Waals surface area contributed by atoms with Crippen LogP contribution in [0.1, 0.15) is 28.8 Å². The van der Waals surface area contributed by atoms with Crippen LogP contribution in [0.5, 0.6) is 5.75 Å². The standard InChI is InChI=1S/C19H17F4NO3S/c20-17-11-16(28(26)19(21,22)23)8-5-14(17)12-27-15-6-3-13(4-7-15)18(25)24-9-1-2-10-24/h3-8,11H,1-2,9-10,12H2. The largest absolute Gasteiger partial charge is 0.489 e. The lowest BCUT2D eigenvalue weighted by Crippen LogP contribution is -2.27. The SMILES string of the molecule is O=C(c1ccc(OCc2ccc(S(=O)C(F)(F)F)cc2F)cc1)N1CCCC1. The fourth-order valence-electron chi connectivity index (χ4n) is 2.85. The lowest BCUT2D eigenvalue weighted by Gasteiger charge is -2.15. The van der Waals surface area contributed by atoms with E-state index in [1.54, 1.807) is 29.2 Å². The van der Waals surface area contributed by atoms with Gasteiger partial charge in [-0.3, -0.25) is 4.79 Å². The third-order valence-electron chi connectivity index (χ3n) is 4.34. The number of hydrogen-bond donors (Lipinski definition) is 0. The van der Waals surface area contributed by atoms with Crippen LogP contribution in [0, 0.1) is 5.82 Å². The van der Waals surface area contributed by atoms with E-state index in [1.165, 1.54) is 0 Å². The number of amides is 1. The molecule has 1 heterocycles. The highest BCUT2D eigenvalue weighted by Gasteiger charge is 2.38. The molecular formula is C19H17F4NO3S. The maximum Gasteiger partial charge on any atom is 0.475 e. The summed E-state index contributed by atoms with van der Waals surface area (Å²) in [6.07, 6.45) is 1.99. The van der Waals surface area contributed by atoms with Crippen LogP contribution >= 0.6 is 0 Å². The number of halogens is 4. The van der Waals surface area contributed by atoms with Gasteiger partial charge in [-0.05, 0) is 49.2 Å². The normalized spacial score (nSPS) is 15.5. The molecule has 28 heavy (non-hydrogen) atoms. The van der Waals surface area contributed by atoms with Crippen LogP contribution in [0.25, 0.3) is 0 Å². The molecular weight excluding hydrogens is 398 g/mol. The van der Waals surface area contributed by atoms with Crippen molar-refractivity contribution >= 4 is 16.7 Å². The van der Waals surface area contributed by atoms with Crippen molar-refractivity contribution in [2.24, 2.45) is 0 Å². The minimum atomic E-state index is -4.95. The molecule has 3 rings (SSSR count). The first-order chi connectivity index (χ1) is 13.3. The molecule has 1 fully saturated rings. The Morgan fingerprint density at radius 2 is 1.71 bits per heavy atom. The number of ether oxygens (including phenoxy) is 1. The van der Waals surface area contributed by atoms with Crippen molar-refractivity contribution < 1.29 is 31.3 Å². The van der Waals surface area contributed by atoms with Crippen LogP contribution < -0.4 is 4.74 Å². The van der Waals surface area contributed by atoms with Gasteiger partial charge in [-0.2, -0.15) is 13.2 Å². The van der Waals surface area contributed by atoms with E-state index in [2.05, 4.69) is 0 Å². The van der Waals surface area contributed by atoms with Gasteiger partial charge in [0.1, 0.15) is 18.2 Å². The van der Waals surface area contributed by atoms with Crippen molar-refractivity contribution in [2.75, 3.05) is 13.1 Å². The maximum absolute atomic E-state index is 14.0. The molecule has 1 saturated heterocycles. The Balaban J connectivity index is 1.62. The maximum atomic E-state index is 14.0. The van der Waals surface area contributed by atoms with Gasteiger partial charge in [0, 0.05) is 24.2 Å². The Morgan fingerprint density at radius 1 is 1.07 bits per heavy atom. The monoisotopic (exact) mass is 415 g/mol. The first kappa shape index (κ1) is 20.3. The molecule has 1 unspecified atom stereocenters. The Labute approximate surface area is 161 Å². The third-order valence-corrected chi connectivity index (χ3v) is 5.44. The van der Waals surface area contributed by atoms with Crippen LogP contribution in [-0.4, -0.2) is 33.6 Å². The van der Waals surface area contributed by atoms with Crippen molar-refractivity contribution in [1.29, 1.82) is 0 Å². The predicted molar refractivity (Wildman–Crippen MR) is 94.8 cm³/mol. The molecule has 2 aromatic carbocycles. The van der Waals surface area contributed by atoms with E-state index in [0.29, 0.717) is 17.4 Å². The molecule has 0 N–H and O–H groups in total. The minimum Gasteiger partial charge on any atom is -0.489 e. The molecule has 0 aliphatic carbocycles. The second-order valence-electron chi connectivity index (χ2n) is 6.28. The summed E-state index contributed by atoms with van der Waals surface area (Å²) >= 11 is 0. The Morgan fingerprint density at radius 3 is 2.29 bits per heavy atom. The highest BCUT2D eigenvalue weighted by molar-refractivity contribution is 7.86. The van der Waals surface area contributed by atoms with Gasteiger partial charge >= 0.3 is 5.51 Å². The van der Waals surface area contributed by atoms with Crippen LogP contribution in [0.2, 0.25) is 0 Å². The third kappa shape index (κ3) is 4.70. The van der Waals surface area contributed by atoms with Crippen molar-refractivity contribution in [3.63, 3.8) is 0 Å². The second-order valence-corrected chi connectivity index (χ2v) is 7.75. The van der Waals surface area contributed by atoms with Gasteiger partial charge in [0.05, 0.1) is 4.90 Å². The minimum absolute atomic E-state index is 0.0279. The molecule has 1 aliphatic heterocycles. The number of carbonyl (C=O) groups excluding carboxylic acids is 1. The highest BCUT2D eigenvalue weighted by Crippen LogP contribution is 2.27. The zero-order valence-corrected chi connectivity index (χ0v) is 15.5. The summed E-state index contributed by atoms with van der Waals surface area (Å²) in [6, 6.07) is 9.05. The van der Waals surface area contributed by atoms with Gasteiger partial charge < -0.3 is 9.64 Å². The van der Waals surface area contributed by atoms with E-state index in [4.69, 9.17) is 4.74 Å². The van der Waals surface area contributed by atoms with Gasteiger partial charge in [-0.1, -0.05) is 6.07 Å². The van der Waals surface area contributed by atoms with E-state index in [9.17, 15) is 26.6 Å². The summed E-state index contributed by atoms with van der Waals surface area (Å²) in [5, 5.41) is 0. The number of rotatable bonds is 5. The first-order valence-corrected chi connectivity index (χ1v) is 9.70. The van der Waals surface area contributed by atoms with Gasteiger partial charge in [-0.25, -0.2) is 8.60 Å². The zero-order valence-electron chi connectivity index (χ0n) is 14.7. The van der Waals surface area contributed by atoms with Crippen molar-refractivity contribution in [3.05, 3.63) is 59.4 Å². The fourth-order valence-corrected chi connectivity index (χ4v) is 3.52. The molecule has 0 saturated carbocycles. The summed E-state index contributed by atoms with van der Waals surface area (Å²) < 4.78 is 68.0. The second kappa shape index (κ2) is 8.30. The molecule has 150 valence electrons. The van der Waals surface area contributed by atoms with Crippen molar-refractivity contribution in [3.8, 4) is 5.75 Å². The summed E-state index contributed by atoms with van der Waals surface area (Å²) in [5.41, 5.74) is -4.39.